The molecule has 78 valence electrons. The lowest BCUT2D eigenvalue weighted by molar-refractivity contribution is -0.120. The second kappa shape index (κ2) is 4.28. The summed E-state index contributed by atoms with van der Waals surface area (Å²) in [5, 5.41) is 12.7. The third-order valence-corrected chi connectivity index (χ3v) is 2.00. The number of nitriles is 1. The Hall–Kier alpha value is -2.61. The van der Waals surface area contributed by atoms with E-state index in [1.807, 2.05) is 6.07 Å². The van der Waals surface area contributed by atoms with Gasteiger partial charge in [-0.2, -0.15) is 10.4 Å². The van der Waals surface area contributed by atoms with Gasteiger partial charge in [-0.05, 0) is 24.3 Å². The first kappa shape index (κ1) is 9.93. The summed E-state index contributed by atoms with van der Waals surface area (Å²) in [6, 6.07) is 8.93. The minimum Gasteiger partial charge on any atom is -0.425 e. The van der Waals surface area contributed by atoms with Gasteiger partial charge in [-0.3, -0.25) is 4.79 Å². The molecule has 0 bridgehead atoms. The van der Waals surface area contributed by atoms with Crippen molar-refractivity contribution in [2.75, 3.05) is 0 Å². The van der Waals surface area contributed by atoms with E-state index in [1.54, 1.807) is 35.1 Å². The third-order valence-electron chi connectivity index (χ3n) is 2.00. The lowest BCUT2D eigenvalue weighted by Crippen LogP contribution is -1.93. The van der Waals surface area contributed by atoms with Crippen molar-refractivity contribution in [1.29, 1.82) is 5.26 Å². The first-order valence-electron chi connectivity index (χ1n) is 4.49. The minimum atomic E-state index is 0.347. The molecule has 0 aliphatic carbocycles. The van der Waals surface area contributed by atoms with E-state index in [2.05, 4.69) is 9.84 Å². The normalized spacial score (nSPS) is 9.44. The summed E-state index contributed by atoms with van der Waals surface area (Å²) in [6.07, 6.45) is 3.02. The molecule has 0 saturated heterocycles. The average Bonchev–Trinajstić information content (AvgIpc) is 2.78. The van der Waals surface area contributed by atoms with Crippen molar-refractivity contribution in [3.63, 3.8) is 0 Å². The molecule has 0 atom stereocenters. The van der Waals surface area contributed by atoms with Gasteiger partial charge in [0.2, 0.25) is 0 Å². The summed E-state index contributed by atoms with van der Waals surface area (Å²) in [7, 11) is 0. The van der Waals surface area contributed by atoms with Gasteiger partial charge in [0.1, 0.15) is 0 Å². The molecule has 16 heavy (non-hydrogen) atoms. The van der Waals surface area contributed by atoms with Crippen molar-refractivity contribution in [1.82, 2.24) is 9.78 Å². The molecule has 2 rings (SSSR count). The van der Waals surface area contributed by atoms with Crippen molar-refractivity contribution in [2.24, 2.45) is 0 Å². The van der Waals surface area contributed by atoms with Crippen LogP contribution in [0.5, 0.6) is 5.75 Å². The van der Waals surface area contributed by atoms with Crippen molar-refractivity contribution in [2.45, 2.75) is 0 Å². The molecular formula is C11H7N3O2. The maximum absolute atomic E-state index is 10.1. The number of hydrogen-bond donors (Lipinski definition) is 0. The van der Waals surface area contributed by atoms with Crippen LogP contribution in [0.2, 0.25) is 0 Å². The van der Waals surface area contributed by atoms with Crippen LogP contribution in [-0.4, -0.2) is 16.3 Å². The molecular weight excluding hydrogens is 206 g/mol. The molecule has 2 aromatic rings. The first-order chi connectivity index (χ1) is 7.83. The number of hydrogen-bond acceptors (Lipinski definition) is 4. The standard InChI is InChI=1S/C11H7N3O2/c12-5-9-1-3-10(4-2-9)14-7-11(6-13-14)16-8-15/h1-4,6-8H. The monoisotopic (exact) mass is 213 g/mol. The SMILES string of the molecule is N#Cc1ccc(-n2cc(OC=O)cn2)cc1. The predicted octanol–water partition coefficient (Wildman–Crippen LogP) is 1.28. The number of carbonyl (C=O) groups excluding carboxylic acids is 1. The van der Waals surface area contributed by atoms with Gasteiger partial charge in [-0.15, -0.1) is 0 Å². The topological polar surface area (TPSA) is 67.9 Å². The Bertz CT molecular complexity index is 537. The summed E-state index contributed by atoms with van der Waals surface area (Å²) in [5.41, 5.74) is 1.38. The van der Waals surface area contributed by atoms with E-state index in [-0.39, 0.29) is 0 Å². The van der Waals surface area contributed by atoms with Crippen LogP contribution in [0.25, 0.3) is 5.69 Å². The minimum absolute atomic E-state index is 0.347. The Morgan fingerprint density at radius 2 is 2.12 bits per heavy atom. The van der Waals surface area contributed by atoms with E-state index in [0.29, 0.717) is 17.8 Å². The molecule has 0 spiro atoms. The van der Waals surface area contributed by atoms with Crippen LogP contribution in [0.15, 0.2) is 36.7 Å². The van der Waals surface area contributed by atoms with E-state index in [4.69, 9.17) is 5.26 Å². The van der Waals surface area contributed by atoms with Crippen LogP contribution in [0, 0.1) is 11.3 Å². The van der Waals surface area contributed by atoms with Crippen LogP contribution in [0.4, 0.5) is 0 Å². The molecule has 0 aliphatic rings. The molecule has 0 aliphatic heterocycles. The Kier molecular flexibility index (Phi) is 2.65. The second-order valence-electron chi connectivity index (χ2n) is 2.99. The number of ether oxygens (including phenoxy) is 1. The van der Waals surface area contributed by atoms with Gasteiger partial charge < -0.3 is 4.74 Å². The lowest BCUT2D eigenvalue weighted by atomic mass is 10.2. The lowest BCUT2D eigenvalue weighted by Gasteiger charge is -1.99. The molecule has 0 unspecified atom stereocenters. The number of carbonyl (C=O) groups is 1. The largest absolute Gasteiger partial charge is 0.425 e. The molecule has 0 fully saturated rings. The zero-order valence-corrected chi connectivity index (χ0v) is 8.20. The van der Waals surface area contributed by atoms with Gasteiger partial charge in [0, 0.05) is 0 Å². The molecule has 0 saturated carbocycles. The van der Waals surface area contributed by atoms with Crippen LogP contribution in [-0.2, 0) is 4.79 Å². The van der Waals surface area contributed by atoms with Crippen LogP contribution >= 0.6 is 0 Å². The zero-order chi connectivity index (χ0) is 11.4. The van der Waals surface area contributed by atoms with E-state index >= 15 is 0 Å². The van der Waals surface area contributed by atoms with Crippen LogP contribution in [0.3, 0.4) is 0 Å². The van der Waals surface area contributed by atoms with Crippen molar-refractivity contribution >= 4 is 6.47 Å². The molecule has 0 N–H and O–H groups in total. The molecule has 0 radical (unpaired) electrons. The Morgan fingerprint density at radius 1 is 1.38 bits per heavy atom. The summed E-state index contributed by atoms with van der Waals surface area (Å²) in [6.45, 7) is 0.347. The van der Waals surface area contributed by atoms with Gasteiger partial charge >= 0.3 is 0 Å². The van der Waals surface area contributed by atoms with Gasteiger partial charge in [0.05, 0.1) is 29.7 Å². The van der Waals surface area contributed by atoms with Crippen LogP contribution in [0.1, 0.15) is 5.56 Å². The molecule has 1 aromatic carbocycles. The third kappa shape index (κ3) is 1.91. The molecule has 1 aromatic heterocycles. The Balaban J connectivity index is 2.28. The average molecular weight is 213 g/mol. The fourth-order valence-corrected chi connectivity index (χ4v) is 1.25. The van der Waals surface area contributed by atoms with Crippen molar-refractivity contribution in [3.05, 3.63) is 42.2 Å². The highest BCUT2D eigenvalue weighted by molar-refractivity contribution is 5.45. The molecule has 5 heteroatoms. The van der Waals surface area contributed by atoms with Crippen LogP contribution < -0.4 is 4.74 Å². The van der Waals surface area contributed by atoms with E-state index in [0.717, 1.165) is 5.69 Å². The highest BCUT2D eigenvalue weighted by Gasteiger charge is 2.01. The zero-order valence-electron chi connectivity index (χ0n) is 8.20. The Labute approximate surface area is 91.5 Å². The van der Waals surface area contributed by atoms with E-state index < -0.39 is 0 Å². The van der Waals surface area contributed by atoms with E-state index in [1.165, 1.54) is 6.20 Å². The van der Waals surface area contributed by atoms with Gasteiger partial charge in [-0.25, -0.2) is 4.68 Å². The number of nitrogens with zero attached hydrogens (tertiary/aromatic N) is 3. The van der Waals surface area contributed by atoms with Gasteiger partial charge in [-0.1, -0.05) is 0 Å². The maximum Gasteiger partial charge on any atom is 0.298 e. The fraction of sp³-hybridized carbons (Fsp3) is 0. The fourth-order valence-electron chi connectivity index (χ4n) is 1.25. The summed E-state index contributed by atoms with van der Waals surface area (Å²) >= 11 is 0. The number of rotatable bonds is 3. The highest BCUT2D eigenvalue weighted by atomic mass is 16.5. The molecule has 0 amide bonds. The maximum atomic E-state index is 10.1. The van der Waals surface area contributed by atoms with Gasteiger partial charge in [0.15, 0.2) is 5.75 Å². The van der Waals surface area contributed by atoms with Gasteiger partial charge in [0.25, 0.3) is 6.47 Å². The van der Waals surface area contributed by atoms with E-state index in [9.17, 15) is 4.79 Å². The van der Waals surface area contributed by atoms with Crippen molar-refractivity contribution < 1.29 is 9.53 Å². The van der Waals surface area contributed by atoms with Crippen molar-refractivity contribution in [3.8, 4) is 17.5 Å². The highest BCUT2D eigenvalue weighted by Crippen LogP contribution is 2.13. The predicted molar refractivity (Wildman–Crippen MR) is 55.0 cm³/mol. The number of benzene rings is 1. The smallest absolute Gasteiger partial charge is 0.298 e. The summed E-state index contributed by atoms with van der Waals surface area (Å²) in [4.78, 5) is 10.1. The number of aromatic nitrogens is 2. The first-order valence-corrected chi connectivity index (χ1v) is 4.49. The molecule has 5 nitrogen and oxygen atoms in total. The summed E-state index contributed by atoms with van der Waals surface area (Å²) < 4.78 is 6.19. The summed E-state index contributed by atoms with van der Waals surface area (Å²) in [5.74, 6) is 0.374. The molecule has 1 heterocycles. The second-order valence-corrected chi connectivity index (χ2v) is 2.99. The quantitative estimate of drug-likeness (QED) is 0.720. The Morgan fingerprint density at radius 3 is 2.75 bits per heavy atom.